The van der Waals surface area contributed by atoms with Gasteiger partial charge in [0.15, 0.2) is 0 Å². The Morgan fingerprint density at radius 1 is 1.80 bits per heavy atom. The number of aromatic amines is 1. The number of carbonyl (C=O) groups is 1. The van der Waals surface area contributed by atoms with E-state index in [9.17, 15) is 4.79 Å². The smallest absolute Gasteiger partial charge is 0.350 e. The molecule has 0 fully saturated rings. The highest BCUT2D eigenvalue weighted by Gasteiger charge is 2.03. The molecule has 0 atom stereocenters. The van der Waals surface area contributed by atoms with E-state index >= 15 is 0 Å². The lowest BCUT2D eigenvalue weighted by Gasteiger charge is -1.81. The van der Waals surface area contributed by atoms with E-state index < -0.39 is 5.97 Å². The molecule has 0 amide bonds. The maximum Gasteiger partial charge on any atom is 0.350 e. The molecule has 4 nitrogen and oxygen atoms in total. The largest absolute Gasteiger partial charge is 0.477 e. The van der Waals surface area contributed by atoms with E-state index in [-0.39, 0.29) is 5.69 Å². The molecule has 0 aliphatic heterocycles. The van der Waals surface area contributed by atoms with E-state index in [0.717, 1.165) is 0 Å². The van der Waals surface area contributed by atoms with Crippen LogP contribution in [0.4, 0.5) is 5.69 Å². The number of rotatable bonds is 1. The molecule has 0 aromatic carbocycles. The van der Waals surface area contributed by atoms with E-state index in [1.54, 1.807) is 0 Å². The van der Waals surface area contributed by atoms with Crippen molar-refractivity contribution in [1.82, 2.24) is 4.98 Å². The molecule has 0 aliphatic carbocycles. The Morgan fingerprint density at radius 2 is 2.50 bits per heavy atom. The van der Waals surface area contributed by atoms with Gasteiger partial charge in [-0.05, 0) is 6.07 Å². The van der Waals surface area contributed by atoms with Crippen LogP contribution in [0.1, 0.15) is 10.5 Å². The first-order chi connectivity index (χ1) is 4.74. The summed E-state index contributed by atoms with van der Waals surface area (Å²) in [6.45, 7) is 6.51. The molecule has 4 heteroatoms. The van der Waals surface area contributed by atoms with Gasteiger partial charge >= 0.3 is 5.97 Å². The highest BCUT2D eigenvalue weighted by molar-refractivity contribution is 5.86. The summed E-state index contributed by atoms with van der Waals surface area (Å²) in [4.78, 5) is 15.7. The Labute approximate surface area is 56.9 Å². The van der Waals surface area contributed by atoms with Crippen LogP contribution in [0.25, 0.3) is 4.85 Å². The highest BCUT2D eigenvalue weighted by atomic mass is 16.4. The van der Waals surface area contributed by atoms with Crippen LogP contribution in [0.2, 0.25) is 0 Å². The molecule has 1 rings (SSSR count). The summed E-state index contributed by atoms with van der Waals surface area (Å²) in [5.74, 6) is -1.05. The Balaban J connectivity index is 3.02. The standard InChI is InChI=1S/C6H4N2O2/c1-7-4-2-5(6(9)10)8-3-4/h2-3,8H,(H,9,10). The number of nitrogens with zero attached hydrogens (tertiary/aromatic N) is 1. The van der Waals surface area contributed by atoms with Gasteiger partial charge in [-0.25, -0.2) is 9.64 Å². The zero-order chi connectivity index (χ0) is 7.56. The molecule has 0 spiro atoms. The SMILES string of the molecule is [C-]#[N+]c1c[nH]c(C(=O)O)c1. The van der Waals surface area contributed by atoms with Crippen LogP contribution >= 0.6 is 0 Å². The normalized spacial score (nSPS) is 8.70. The van der Waals surface area contributed by atoms with Gasteiger partial charge < -0.3 is 10.1 Å². The molecular weight excluding hydrogens is 132 g/mol. The first kappa shape index (κ1) is 6.36. The van der Waals surface area contributed by atoms with Crippen LogP contribution in [-0.4, -0.2) is 16.1 Å². The Kier molecular flexibility index (Phi) is 1.42. The molecule has 0 aliphatic rings. The third kappa shape index (κ3) is 0.977. The van der Waals surface area contributed by atoms with Gasteiger partial charge in [-0.1, -0.05) is 0 Å². The molecule has 50 valence electrons. The third-order valence-electron chi connectivity index (χ3n) is 1.03. The second-order valence-corrected chi connectivity index (χ2v) is 1.69. The molecule has 0 radical (unpaired) electrons. The number of aromatic carboxylic acids is 1. The van der Waals surface area contributed by atoms with Crippen LogP contribution in [-0.2, 0) is 0 Å². The molecule has 1 aromatic heterocycles. The minimum absolute atomic E-state index is 0.0472. The molecule has 0 saturated heterocycles. The average Bonchev–Trinajstić information content (AvgIpc) is 2.34. The predicted octanol–water partition coefficient (Wildman–Crippen LogP) is 1.26. The second kappa shape index (κ2) is 2.23. The molecule has 0 saturated carbocycles. The van der Waals surface area contributed by atoms with Crippen molar-refractivity contribution in [3.8, 4) is 0 Å². The number of carboxylic acids is 1. The van der Waals surface area contributed by atoms with Crippen molar-refractivity contribution in [3.63, 3.8) is 0 Å². The van der Waals surface area contributed by atoms with Crippen molar-refractivity contribution >= 4 is 11.7 Å². The monoisotopic (exact) mass is 136 g/mol. The fourth-order valence-electron chi connectivity index (χ4n) is 0.571. The summed E-state index contributed by atoms with van der Waals surface area (Å²) in [7, 11) is 0. The van der Waals surface area contributed by atoms with Crippen LogP contribution in [0.15, 0.2) is 12.3 Å². The number of carboxylic acid groups (broad SMARTS) is 1. The zero-order valence-electron chi connectivity index (χ0n) is 4.96. The quantitative estimate of drug-likeness (QED) is 0.571. The van der Waals surface area contributed by atoms with Gasteiger partial charge in [-0.15, -0.1) is 0 Å². The first-order valence-corrected chi connectivity index (χ1v) is 2.53. The Hall–Kier alpha value is -1.76. The van der Waals surface area contributed by atoms with Crippen molar-refractivity contribution in [2.24, 2.45) is 0 Å². The molecule has 10 heavy (non-hydrogen) atoms. The fourth-order valence-corrected chi connectivity index (χ4v) is 0.571. The predicted molar refractivity (Wildman–Crippen MR) is 34.0 cm³/mol. The fraction of sp³-hybridized carbons (Fsp3) is 0. The lowest BCUT2D eigenvalue weighted by atomic mass is 10.4. The molecule has 1 aromatic rings. The highest BCUT2D eigenvalue weighted by Crippen LogP contribution is 2.12. The zero-order valence-corrected chi connectivity index (χ0v) is 4.96. The number of aromatic nitrogens is 1. The van der Waals surface area contributed by atoms with Crippen molar-refractivity contribution in [1.29, 1.82) is 0 Å². The van der Waals surface area contributed by atoms with Gasteiger partial charge in [0.25, 0.3) is 0 Å². The van der Waals surface area contributed by atoms with Crippen LogP contribution in [0, 0.1) is 6.57 Å². The van der Waals surface area contributed by atoms with E-state index in [4.69, 9.17) is 11.7 Å². The van der Waals surface area contributed by atoms with Crippen molar-refractivity contribution in [2.45, 2.75) is 0 Å². The number of H-pyrrole nitrogens is 1. The number of nitrogens with one attached hydrogen (secondary N) is 1. The van der Waals surface area contributed by atoms with E-state index in [2.05, 4.69) is 9.83 Å². The summed E-state index contributed by atoms with van der Waals surface area (Å²) in [6.07, 6.45) is 1.36. The van der Waals surface area contributed by atoms with Crippen LogP contribution < -0.4 is 0 Å². The van der Waals surface area contributed by atoms with E-state index in [1.807, 2.05) is 0 Å². The van der Waals surface area contributed by atoms with Crippen molar-refractivity contribution < 1.29 is 9.90 Å². The van der Waals surface area contributed by atoms with Gasteiger partial charge in [0.05, 0.1) is 6.57 Å². The summed E-state index contributed by atoms with van der Waals surface area (Å²) in [6, 6.07) is 1.29. The third-order valence-corrected chi connectivity index (χ3v) is 1.03. The molecule has 0 unspecified atom stereocenters. The Morgan fingerprint density at radius 3 is 2.80 bits per heavy atom. The first-order valence-electron chi connectivity index (χ1n) is 2.53. The molecule has 2 N–H and O–H groups in total. The summed E-state index contributed by atoms with van der Waals surface area (Å²) in [5.41, 5.74) is 0.364. The topological polar surface area (TPSA) is 57.5 Å². The second-order valence-electron chi connectivity index (χ2n) is 1.69. The summed E-state index contributed by atoms with van der Waals surface area (Å²) < 4.78 is 0. The molecular formula is C6H4N2O2. The lowest BCUT2D eigenvalue weighted by molar-refractivity contribution is 0.0691. The van der Waals surface area contributed by atoms with Gasteiger partial charge in [0, 0.05) is 6.20 Å². The lowest BCUT2D eigenvalue weighted by Crippen LogP contribution is -1.94. The van der Waals surface area contributed by atoms with E-state index in [0.29, 0.717) is 5.69 Å². The molecule has 0 bridgehead atoms. The number of hydrogen-bond acceptors (Lipinski definition) is 1. The molecule has 1 heterocycles. The van der Waals surface area contributed by atoms with Crippen molar-refractivity contribution in [2.75, 3.05) is 0 Å². The van der Waals surface area contributed by atoms with E-state index in [1.165, 1.54) is 12.3 Å². The minimum Gasteiger partial charge on any atom is -0.477 e. The van der Waals surface area contributed by atoms with Crippen LogP contribution in [0.3, 0.4) is 0 Å². The van der Waals surface area contributed by atoms with Crippen molar-refractivity contribution in [3.05, 3.63) is 29.4 Å². The maximum absolute atomic E-state index is 10.2. The average molecular weight is 136 g/mol. The summed E-state index contributed by atoms with van der Waals surface area (Å²) in [5, 5.41) is 8.36. The minimum atomic E-state index is -1.05. The van der Waals surface area contributed by atoms with Gasteiger partial charge in [-0.3, -0.25) is 0 Å². The number of hydrogen-bond donors (Lipinski definition) is 2. The Bertz CT molecular complexity index is 295. The van der Waals surface area contributed by atoms with Gasteiger partial charge in [0.2, 0.25) is 5.69 Å². The van der Waals surface area contributed by atoms with Gasteiger partial charge in [-0.2, -0.15) is 0 Å². The maximum atomic E-state index is 10.2. The summed E-state index contributed by atoms with van der Waals surface area (Å²) >= 11 is 0. The van der Waals surface area contributed by atoms with Gasteiger partial charge in [0.1, 0.15) is 5.69 Å². The van der Waals surface area contributed by atoms with Crippen LogP contribution in [0.5, 0.6) is 0 Å².